The number of amides is 7. The van der Waals surface area contributed by atoms with Crippen LogP contribution in [0.1, 0.15) is 51.4 Å². The van der Waals surface area contributed by atoms with E-state index in [1.807, 2.05) is 0 Å². The normalized spacial score (nSPS) is 13.8. The van der Waals surface area contributed by atoms with E-state index < -0.39 is 71.5 Å². The number of carboxylic acid groups (broad SMARTS) is 1. The number of aliphatic carboxylic acids is 1. The van der Waals surface area contributed by atoms with Gasteiger partial charge in [0.1, 0.15) is 18.1 Å². The number of rotatable bonds is 19. The van der Waals surface area contributed by atoms with Crippen molar-refractivity contribution in [1.29, 1.82) is 0 Å². The van der Waals surface area contributed by atoms with E-state index in [4.69, 9.17) is 28.7 Å². The summed E-state index contributed by atoms with van der Waals surface area (Å²) in [5.41, 5.74) is 25.9. The lowest BCUT2D eigenvalue weighted by molar-refractivity contribution is -0.142. The number of hydrogen-bond donors (Lipinski definition) is 9. The van der Waals surface area contributed by atoms with E-state index in [2.05, 4.69) is 16.0 Å². The van der Waals surface area contributed by atoms with E-state index in [9.17, 15) is 43.5 Å². The van der Waals surface area contributed by atoms with Crippen LogP contribution in [0.25, 0.3) is 0 Å². The van der Waals surface area contributed by atoms with Gasteiger partial charge in [-0.25, -0.2) is 4.79 Å². The first-order valence-electron chi connectivity index (χ1n) is 11.2. The summed E-state index contributed by atoms with van der Waals surface area (Å²) >= 11 is 0. The van der Waals surface area contributed by atoms with Crippen LogP contribution in [0, 0.1) is 0 Å². The lowest BCUT2D eigenvalue weighted by Crippen LogP contribution is -2.57. The summed E-state index contributed by atoms with van der Waals surface area (Å²) in [5, 5.41) is 16.0. The molecule has 37 heavy (non-hydrogen) atoms. The maximum atomic E-state index is 12.9. The Morgan fingerprint density at radius 3 is 1.16 bits per heavy atom. The number of nitrogens with two attached hydrogens (primary N) is 5. The molecular formula is C20H34N8O9. The van der Waals surface area contributed by atoms with Gasteiger partial charge in [-0.15, -0.1) is 0 Å². The Balaban J connectivity index is 5.64. The second kappa shape index (κ2) is 16.4. The molecule has 0 saturated heterocycles. The van der Waals surface area contributed by atoms with Gasteiger partial charge in [-0.05, 0) is 25.7 Å². The molecular weight excluding hydrogens is 496 g/mol. The second-order valence-corrected chi connectivity index (χ2v) is 8.15. The molecule has 0 heterocycles. The largest absolute Gasteiger partial charge is 0.480 e. The Labute approximate surface area is 211 Å². The van der Waals surface area contributed by atoms with Crippen LogP contribution in [0.4, 0.5) is 0 Å². The van der Waals surface area contributed by atoms with Crippen LogP contribution in [-0.4, -0.2) is 76.6 Å². The van der Waals surface area contributed by atoms with Gasteiger partial charge in [0, 0.05) is 25.7 Å². The minimum Gasteiger partial charge on any atom is -0.480 e. The molecule has 0 aliphatic rings. The second-order valence-electron chi connectivity index (χ2n) is 8.15. The van der Waals surface area contributed by atoms with Crippen molar-refractivity contribution in [1.82, 2.24) is 16.0 Å². The first-order chi connectivity index (χ1) is 17.1. The van der Waals surface area contributed by atoms with Crippen molar-refractivity contribution in [2.24, 2.45) is 28.7 Å². The molecule has 0 aliphatic carbocycles. The van der Waals surface area contributed by atoms with Gasteiger partial charge in [0.25, 0.3) is 0 Å². The molecule has 0 radical (unpaired) electrons. The summed E-state index contributed by atoms with van der Waals surface area (Å²) in [5.74, 6) is -7.48. The fourth-order valence-corrected chi connectivity index (χ4v) is 2.91. The quantitative estimate of drug-likeness (QED) is 0.0764. The Morgan fingerprint density at radius 2 is 0.811 bits per heavy atom. The molecule has 0 fully saturated rings. The zero-order valence-electron chi connectivity index (χ0n) is 20.1. The fraction of sp³-hybridized carbons (Fsp3) is 0.600. The monoisotopic (exact) mass is 530 g/mol. The van der Waals surface area contributed by atoms with Gasteiger partial charge in [-0.2, -0.15) is 0 Å². The third-order valence-corrected chi connectivity index (χ3v) is 4.96. The van der Waals surface area contributed by atoms with Crippen molar-refractivity contribution in [2.75, 3.05) is 0 Å². The highest BCUT2D eigenvalue weighted by Crippen LogP contribution is 2.06. The van der Waals surface area contributed by atoms with Crippen LogP contribution in [0.5, 0.6) is 0 Å². The smallest absolute Gasteiger partial charge is 0.326 e. The molecule has 0 spiro atoms. The molecule has 0 aliphatic heterocycles. The molecule has 208 valence electrons. The number of primary amides is 4. The van der Waals surface area contributed by atoms with Gasteiger partial charge in [0.15, 0.2) is 0 Å². The maximum Gasteiger partial charge on any atom is 0.326 e. The minimum absolute atomic E-state index is 0.128. The van der Waals surface area contributed by atoms with Gasteiger partial charge >= 0.3 is 5.97 Å². The summed E-state index contributed by atoms with van der Waals surface area (Å²) in [6.45, 7) is 0. The predicted molar refractivity (Wildman–Crippen MR) is 125 cm³/mol. The molecule has 0 unspecified atom stereocenters. The third kappa shape index (κ3) is 14.7. The number of carbonyl (C=O) groups excluding carboxylic acids is 7. The molecule has 0 aromatic carbocycles. The number of hydrogen-bond acceptors (Lipinski definition) is 9. The first kappa shape index (κ1) is 32.7. The molecule has 0 aromatic heterocycles. The van der Waals surface area contributed by atoms with E-state index in [-0.39, 0.29) is 51.4 Å². The zero-order chi connectivity index (χ0) is 28.7. The molecule has 4 atom stereocenters. The van der Waals surface area contributed by atoms with Crippen molar-refractivity contribution >= 4 is 47.3 Å². The van der Waals surface area contributed by atoms with Crippen LogP contribution >= 0.6 is 0 Å². The molecule has 17 heteroatoms. The number of carboxylic acids is 1. The average molecular weight is 531 g/mol. The Morgan fingerprint density at radius 1 is 0.514 bits per heavy atom. The molecule has 0 aromatic rings. The van der Waals surface area contributed by atoms with Crippen molar-refractivity contribution in [3.63, 3.8) is 0 Å². The number of carbonyl (C=O) groups is 8. The molecule has 7 amide bonds. The van der Waals surface area contributed by atoms with Gasteiger partial charge in [0.05, 0.1) is 6.04 Å². The molecule has 14 N–H and O–H groups in total. The lowest BCUT2D eigenvalue weighted by atomic mass is 10.0. The van der Waals surface area contributed by atoms with E-state index in [0.29, 0.717) is 0 Å². The van der Waals surface area contributed by atoms with Crippen LogP contribution in [0.2, 0.25) is 0 Å². The van der Waals surface area contributed by atoms with Crippen molar-refractivity contribution in [2.45, 2.75) is 75.5 Å². The first-order valence-corrected chi connectivity index (χ1v) is 11.2. The van der Waals surface area contributed by atoms with Crippen LogP contribution in [0.3, 0.4) is 0 Å². The third-order valence-electron chi connectivity index (χ3n) is 4.96. The van der Waals surface area contributed by atoms with Crippen molar-refractivity contribution < 1.29 is 43.5 Å². The maximum absolute atomic E-state index is 12.9. The van der Waals surface area contributed by atoms with E-state index in [1.54, 1.807) is 0 Å². The summed E-state index contributed by atoms with van der Waals surface area (Å²) in [6, 6.07) is -5.69. The van der Waals surface area contributed by atoms with Crippen LogP contribution in [-0.2, 0) is 38.4 Å². The van der Waals surface area contributed by atoms with Crippen LogP contribution < -0.4 is 44.6 Å². The van der Waals surface area contributed by atoms with Gasteiger partial charge in [-0.3, -0.25) is 33.6 Å². The van der Waals surface area contributed by atoms with Crippen molar-refractivity contribution in [3.05, 3.63) is 0 Å². The average Bonchev–Trinajstić information content (AvgIpc) is 2.79. The predicted octanol–water partition coefficient (Wildman–Crippen LogP) is -5.09. The van der Waals surface area contributed by atoms with E-state index >= 15 is 0 Å². The highest BCUT2D eigenvalue weighted by molar-refractivity contribution is 5.94. The Kier molecular flexibility index (Phi) is 14.5. The molecule has 17 nitrogen and oxygen atoms in total. The van der Waals surface area contributed by atoms with Gasteiger partial charge in [0.2, 0.25) is 41.4 Å². The van der Waals surface area contributed by atoms with Crippen molar-refractivity contribution in [3.8, 4) is 0 Å². The Bertz CT molecular complexity index is 895. The summed E-state index contributed by atoms with van der Waals surface area (Å²) in [4.78, 5) is 93.8. The SMILES string of the molecule is NC(=O)CC[C@H](NC(=O)[C@H](CCC(N)=O)NC(=O)[C@H](CCC(N)=O)NC(=O)[C@@H](N)CCC(N)=O)C(=O)O. The van der Waals surface area contributed by atoms with Gasteiger partial charge < -0.3 is 49.7 Å². The topological polar surface area (TPSA) is 323 Å². The molecule has 0 saturated carbocycles. The summed E-state index contributed by atoms with van der Waals surface area (Å²) in [7, 11) is 0. The molecule has 0 bridgehead atoms. The van der Waals surface area contributed by atoms with E-state index in [0.717, 1.165) is 0 Å². The minimum atomic E-state index is -1.54. The molecule has 0 rings (SSSR count). The highest BCUT2D eigenvalue weighted by Gasteiger charge is 2.30. The summed E-state index contributed by atoms with van der Waals surface area (Å²) < 4.78 is 0. The summed E-state index contributed by atoms with van der Waals surface area (Å²) in [6.07, 6.45) is -2.39. The lowest BCUT2D eigenvalue weighted by Gasteiger charge is -2.25. The fourth-order valence-electron chi connectivity index (χ4n) is 2.91. The van der Waals surface area contributed by atoms with Crippen LogP contribution in [0.15, 0.2) is 0 Å². The number of nitrogens with one attached hydrogen (secondary N) is 3. The van der Waals surface area contributed by atoms with E-state index in [1.165, 1.54) is 0 Å². The van der Waals surface area contributed by atoms with Gasteiger partial charge in [-0.1, -0.05) is 0 Å². The standard InChI is InChI=1S/C20H34N8O9/c21-9(1-5-13(22)29)17(33)26-10(2-6-14(23)30)18(34)27-11(3-7-15(24)31)19(35)28-12(20(36)37)4-8-16(25)32/h9-12H,1-8,21H2,(H2,22,29)(H2,23,30)(H2,24,31)(H2,25,32)(H,26,33)(H,27,34)(H,28,35)(H,36,37)/t9-,10-,11-,12-/m0/s1. The Hall–Kier alpha value is -4.28. The highest BCUT2D eigenvalue weighted by atomic mass is 16.4. The zero-order valence-corrected chi connectivity index (χ0v) is 20.1.